The number of benzene rings is 2. The molecular weight excluding hydrogens is 306 g/mol. The zero-order chi connectivity index (χ0) is 16.9. The Labute approximate surface area is 141 Å². The van der Waals surface area contributed by atoms with E-state index in [2.05, 4.69) is 19.2 Å². The van der Waals surface area contributed by atoms with Crippen molar-refractivity contribution in [1.82, 2.24) is 5.32 Å². The second-order valence-electron chi connectivity index (χ2n) is 6.10. The molecule has 3 rings (SSSR count). The number of carbonyl (C=O) groups excluding carboxylic acids is 1. The molecule has 0 spiro atoms. The van der Waals surface area contributed by atoms with Gasteiger partial charge < -0.3 is 19.5 Å². The molecule has 1 heterocycles. The molecule has 0 unspecified atom stereocenters. The van der Waals surface area contributed by atoms with Gasteiger partial charge in [0.25, 0.3) is 5.91 Å². The van der Waals surface area contributed by atoms with Gasteiger partial charge in [-0.1, -0.05) is 26.0 Å². The summed E-state index contributed by atoms with van der Waals surface area (Å²) in [6, 6.07) is 12.9. The van der Waals surface area contributed by atoms with Gasteiger partial charge in [-0.2, -0.15) is 0 Å². The average molecular weight is 327 g/mol. The number of nitrogens with one attached hydrogen (secondary N) is 1. The Morgan fingerprint density at radius 2 is 1.88 bits per heavy atom. The Morgan fingerprint density at radius 1 is 1.12 bits per heavy atom. The predicted octanol–water partition coefficient (Wildman–Crippen LogP) is 3.38. The summed E-state index contributed by atoms with van der Waals surface area (Å²) in [6.45, 7) is 5.57. The molecule has 126 valence electrons. The number of hydrogen-bond donors (Lipinski definition) is 1. The first-order valence-electron chi connectivity index (χ1n) is 8.01. The summed E-state index contributed by atoms with van der Waals surface area (Å²) in [5, 5.41) is 2.90. The van der Waals surface area contributed by atoms with Gasteiger partial charge in [0, 0.05) is 12.1 Å². The van der Waals surface area contributed by atoms with Gasteiger partial charge in [-0.25, -0.2) is 0 Å². The Morgan fingerprint density at radius 3 is 2.62 bits per heavy atom. The summed E-state index contributed by atoms with van der Waals surface area (Å²) in [7, 11) is 0. The molecule has 1 amide bonds. The van der Waals surface area contributed by atoms with Crippen LogP contribution < -0.4 is 19.5 Å². The smallest absolute Gasteiger partial charge is 0.251 e. The number of hydrogen-bond acceptors (Lipinski definition) is 4. The van der Waals surface area contributed by atoms with Crippen LogP contribution in [-0.4, -0.2) is 19.3 Å². The molecule has 0 aliphatic carbocycles. The van der Waals surface area contributed by atoms with Crippen molar-refractivity contribution in [2.45, 2.75) is 20.4 Å². The normalized spacial score (nSPS) is 12.3. The van der Waals surface area contributed by atoms with E-state index in [1.165, 1.54) is 0 Å². The van der Waals surface area contributed by atoms with Gasteiger partial charge in [0.2, 0.25) is 6.79 Å². The molecule has 0 saturated heterocycles. The number of amides is 1. The van der Waals surface area contributed by atoms with Crippen molar-refractivity contribution < 1.29 is 19.0 Å². The fraction of sp³-hybridized carbons (Fsp3) is 0.316. The van der Waals surface area contributed by atoms with Gasteiger partial charge in [0.05, 0.1) is 6.61 Å². The molecule has 0 aromatic heterocycles. The van der Waals surface area contributed by atoms with E-state index in [1.54, 1.807) is 18.2 Å². The van der Waals surface area contributed by atoms with E-state index < -0.39 is 0 Å². The van der Waals surface area contributed by atoms with E-state index in [0.29, 0.717) is 36.1 Å². The molecule has 2 aromatic carbocycles. The van der Waals surface area contributed by atoms with Crippen molar-refractivity contribution in [3.8, 4) is 17.2 Å². The van der Waals surface area contributed by atoms with Crippen molar-refractivity contribution >= 4 is 5.91 Å². The largest absolute Gasteiger partial charge is 0.493 e. The highest BCUT2D eigenvalue weighted by Gasteiger charge is 2.16. The Hall–Kier alpha value is -2.69. The second kappa shape index (κ2) is 7.25. The first-order chi connectivity index (χ1) is 11.6. The molecule has 24 heavy (non-hydrogen) atoms. The summed E-state index contributed by atoms with van der Waals surface area (Å²) in [5.74, 6) is 2.46. The molecule has 1 aliphatic heterocycles. The van der Waals surface area contributed by atoms with Crippen LogP contribution in [-0.2, 0) is 6.54 Å². The maximum absolute atomic E-state index is 12.2. The third kappa shape index (κ3) is 3.98. The van der Waals surface area contributed by atoms with Crippen LogP contribution in [0.1, 0.15) is 29.8 Å². The highest BCUT2D eigenvalue weighted by atomic mass is 16.7. The lowest BCUT2D eigenvalue weighted by molar-refractivity contribution is 0.0950. The summed E-state index contributed by atoms with van der Waals surface area (Å²) < 4.78 is 16.2. The van der Waals surface area contributed by atoms with Crippen LogP contribution >= 0.6 is 0 Å². The number of fused-ring (bicyclic) bond motifs is 1. The lowest BCUT2D eigenvalue weighted by Gasteiger charge is -2.10. The summed E-state index contributed by atoms with van der Waals surface area (Å²) in [4.78, 5) is 12.2. The Kier molecular flexibility index (Phi) is 4.89. The van der Waals surface area contributed by atoms with E-state index in [0.717, 1.165) is 11.3 Å². The Balaban J connectivity index is 1.54. The number of ether oxygens (including phenoxy) is 3. The molecule has 0 atom stereocenters. The quantitative estimate of drug-likeness (QED) is 0.884. The van der Waals surface area contributed by atoms with Crippen molar-refractivity contribution in [2.24, 2.45) is 5.92 Å². The number of carbonyl (C=O) groups is 1. The predicted molar refractivity (Wildman–Crippen MR) is 90.5 cm³/mol. The molecule has 0 bridgehead atoms. The van der Waals surface area contributed by atoms with Crippen molar-refractivity contribution in [1.29, 1.82) is 0 Å². The number of rotatable bonds is 6. The molecule has 2 aromatic rings. The fourth-order valence-electron chi connectivity index (χ4n) is 2.29. The van der Waals surface area contributed by atoms with Crippen LogP contribution in [0.4, 0.5) is 0 Å². The standard InChI is InChI=1S/C19H21NO4/c1-13(2)11-22-16-6-3-14(4-7-16)10-20-19(21)15-5-8-17-18(9-15)24-12-23-17/h3-9,13H,10-12H2,1-2H3,(H,20,21). The summed E-state index contributed by atoms with van der Waals surface area (Å²) >= 11 is 0. The zero-order valence-electron chi connectivity index (χ0n) is 13.9. The SMILES string of the molecule is CC(C)COc1ccc(CNC(=O)c2ccc3c(c2)OCO3)cc1. The maximum atomic E-state index is 12.2. The minimum atomic E-state index is -0.145. The van der Waals surface area contributed by atoms with Crippen LogP contribution in [0.3, 0.4) is 0 Å². The van der Waals surface area contributed by atoms with Gasteiger partial charge in [0.1, 0.15) is 5.75 Å². The molecule has 1 aliphatic rings. The lowest BCUT2D eigenvalue weighted by atomic mass is 10.1. The lowest BCUT2D eigenvalue weighted by Crippen LogP contribution is -2.22. The van der Waals surface area contributed by atoms with Gasteiger partial charge >= 0.3 is 0 Å². The Bertz CT molecular complexity index is 710. The zero-order valence-corrected chi connectivity index (χ0v) is 13.9. The minimum absolute atomic E-state index is 0.145. The van der Waals surface area contributed by atoms with E-state index >= 15 is 0 Å². The summed E-state index contributed by atoms with van der Waals surface area (Å²) in [6.07, 6.45) is 0. The third-order valence-corrected chi connectivity index (χ3v) is 3.59. The van der Waals surface area contributed by atoms with E-state index in [1.807, 2.05) is 24.3 Å². The molecule has 0 saturated carbocycles. The maximum Gasteiger partial charge on any atom is 0.251 e. The molecule has 5 heteroatoms. The van der Waals surface area contributed by atoms with Crippen molar-refractivity contribution in [3.63, 3.8) is 0 Å². The fourth-order valence-corrected chi connectivity index (χ4v) is 2.29. The van der Waals surface area contributed by atoms with Gasteiger partial charge in [-0.3, -0.25) is 4.79 Å². The minimum Gasteiger partial charge on any atom is -0.493 e. The van der Waals surface area contributed by atoms with Crippen molar-refractivity contribution in [3.05, 3.63) is 53.6 Å². The van der Waals surface area contributed by atoms with Crippen LogP contribution in [0.25, 0.3) is 0 Å². The topological polar surface area (TPSA) is 56.8 Å². The van der Waals surface area contributed by atoms with Crippen LogP contribution in [0.5, 0.6) is 17.2 Å². The molecular formula is C19H21NO4. The van der Waals surface area contributed by atoms with Crippen molar-refractivity contribution in [2.75, 3.05) is 13.4 Å². The second-order valence-corrected chi connectivity index (χ2v) is 6.10. The molecule has 0 fully saturated rings. The van der Waals surface area contributed by atoms with E-state index in [4.69, 9.17) is 14.2 Å². The van der Waals surface area contributed by atoms with Crippen LogP contribution in [0.15, 0.2) is 42.5 Å². The van der Waals surface area contributed by atoms with E-state index in [9.17, 15) is 4.79 Å². The summed E-state index contributed by atoms with van der Waals surface area (Å²) in [5.41, 5.74) is 1.57. The first kappa shape index (κ1) is 16.2. The monoisotopic (exact) mass is 327 g/mol. The van der Waals surface area contributed by atoms with Gasteiger partial charge in [-0.15, -0.1) is 0 Å². The molecule has 1 N–H and O–H groups in total. The average Bonchev–Trinajstić information content (AvgIpc) is 3.06. The molecule has 0 radical (unpaired) electrons. The third-order valence-electron chi connectivity index (χ3n) is 3.59. The highest BCUT2D eigenvalue weighted by molar-refractivity contribution is 5.94. The first-order valence-corrected chi connectivity index (χ1v) is 8.01. The van der Waals surface area contributed by atoms with Crippen LogP contribution in [0, 0.1) is 5.92 Å². The highest BCUT2D eigenvalue weighted by Crippen LogP contribution is 2.32. The molecule has 5 nitrogen and oxygen atoms in total. The van der Waals surface area contributed by atoms with E-state index in [-0.39, 0.29) is 12.7 Å². The van der Waals surface area contributed by atoms with Gasteiger partial charge in [-0.05, 0) is 41.8 Å². The van der Waals surface area contributed by atoms with Gasteiger partial charge in [0.15, 0.2) is 11.5 Å². The van der Waals surface area contributed by atoms with Crippen LogP contribution in [0.2, 0.25) is 0 Å².